The van der Waals surface area contributed by atoms with Gasteiger partial charge in [0.25, 0.3) is 5.91 Å². The minimum atomic E-state index is -3.78. The van der Waals surface area contributed by atoms with Crippen molar-refractivity contribution in [1.29, 1.82) is 5.26 Å². The average molecular weight is 333 g/mol. The van der Waals surface area contributed by atoms with Gasteiger partial charge in [0.2, 0.25) is 10.0 Å². The number of anilines is 1. The maximum atomic E-state index is 12.0. The predicted octanol–water partition coefficient (Wildman–Crippen LogP) is 1.94. The number of carbonyl (C=O) groups excluding carboxylic acids is 1. The minimum absolute atomic E-state index is 0.0473. The number of nitrogens with zero attached hydrogens (tertiary/aromatic N) is 1. The molecule has 0 radical (unpaired) electrons. The Labute approximate surface area is 131 Å². The highest BCUT2D eigenvalue weighted by Gasteiger charge is 2.11. The third kappa shape index (κ3) is 4.02. The van der Waals surface area contributed by atoms with E-state index in [-0.39, 0.29) is 10.5 Å². The number of benzene rings is 1. The summed E-state index contributed by atoms with van der Waals surface area (Å²) in [5, 5.41) is 20.2. The lowest BCUT2D eigenvalue weighted by Crippen LogP contribution is -2.14. The number of nitrogens with one attached hydrogen (secondary N) is 1. The van der Waals surface area contributed by atoms with E-state index >= 15 is 0 Å². The van der Waals surface area contributed by atoms with Crippen LogP contribution in [0.15, 0.2) is 51.6 Å². The van der Waals surface area contributed by atoms with Crippen LogP contribution in [0.2, 0.25) is 0 Å². The first kappa shape index (κ1) is 15.9. The van der Waals surface area contributed by atoms with Gasteiger partial charge in [0.15, 0.2) is 0 Å². The molecule has 0 aliphatic heterocycles. The highest BCUT2D eigenvalue weighted by Crippen LogP contribution is 2.15. The molecule has 0 saturated heterocycles. The lowest BCUT2D eigenvalue weighted by Gasteiger charge is -2.05. The van der Waals surface area contributed by atoms with Crippen molar-refractivity contribution in [2.24, 2.45) is 5.14 Å². The Bertz CT molecular complexity index is 846. The zero-order chi connectivity index (χ0) is 16.2. The molecule has 8 heteroatoms. The van der Waals surface area contributed by atoms with Gasteiger partial charge in [-0.15, -0.1) is 0 Å². The van der Waals surface area contributed by atoms with E-state index in [2.05, 4.69) is 5.32 Å². The van der Waals surface area contributed by atoms with Crippen LogP contribution in [0.4, 0.5) is 5.69 Å². The van der Waals surface area contributed by atoms with Gasteiger partial charge in [0.05, 0.1) is 4.90 Å². The predicted molar refractivity (Wildman–Crippen MR) is 84.4 cm³/mol. The summed E-state index contributed by atoms with van der Waals surface area (Å²) in [6, 6.07) is 8.98. The molecule has 1 aromatic heterocycles. The topological polar surface area (TPSA) is 113 Å². The van der Waals surface area contributed by atoms with Crippen molar-refractivity contribution in [2.45, 2.75) is 4.90 Å². The molecule has 0 saturated carbocycles. The molecule has 1 aromatic carbocycles. The van der Waals surface area contributed by atoms with Gasteiger partial charge >= 0.3 is 0 Å². The Morgan fingerprint density at radius 3 is 2.45 bits per heavy atom. The number of sulfonamides is 1. The van der Waals surface area contributed by atoms with Crippen LogP contribution in [0.1, 0.15) is 5.56 Å². The molecule has 3 N–H and O–H groups in total. The van der Waals surface area contributed by atoms with Crippen LogP contribution in [0.3, 0.4) is 0 Å². The van der Waals surface area contributed by atoms with Crippen LogP contribution in [0.5, 0.6) is 0 Å². The van der Waals surface area contributed by atoms with Gasteiger partial charge in [0, 0.05) is 5.69 Å². The third-order valence-electron chi connectivity index (χ3n) is 2.66. The monoisotopic (exact) mass is 333 g/mol. The summed E-state index contributed by atoms with van der Waals surface area (Å²) in [4.78, 5) is 12.0. The first-order valence-electron chi connectivity index (χ1n) is 5.98. The SMILES string of the molecule is N#C/C(=C\c1ccsc1)C(=O)Nc1ccc(S(N)(=O)=O)cc1. The first-order chi connectivity index (χ1) is 10.4. The van der Waals surface area contributed by atoms with Gasteiger partial charge in [-0.2, -0.15) is 16.6 Å². The van der Waals surface area contributed by atoms with Crippen LogP contribution >= 0.6 is 11.3 Å². The number of amides is 1. The molecule has 0 fully saturated rings. The number of carbonyl (C=O) groups is 1. The number of nitrogens with two attached hydrogens (primary N) is 1. The molecule has 1 amide bonds. The summed E-state index contributed by atoms with van der Waals surface area (Å²) >= 11 is 1.46. The van der Waals surface area contributed by atoms with Crippen LogP contribution < -0.4 is 10.5 Å². The molecule has 6 nitrogen and oxygen atoms in total. The molecule has 0 unspecified atom stereocenters. The van der Waals surface area contributed by atoms with Crippen LogP contribution in [-0.2, 0) is 14.8 Å². The third-order valence-corrected chi connectivity index (χ3v) is 4.29. The molecule has 0 atom stereocenters. The van der Waals surface area contributed by atoms with Crippen molar-refractivity contribution in [1.82, 2.24) is 0 Å². The molecule has 0 aliphatic carbocycles. The Morgan fingerprint density at radius 1 is 1.27 bits per heavy atom. The van der Waals surface area contributed by atoms with Gasteiger partial charge in [-0.3, -0.25) is 4.79 Å². The number of primary sulfonamides is 1. The molecular formula is C14H11N3O3S2. The van der Waals surface area contributed by atoms with Crippen LogP contribution in [-0.4, -0.2) is 14.3 Å². The van der Waals surface area contributed by atoms with E-state index in [1.807, 2.05) is 16.8 Å². The first-order valence-corrected chi connectivity index (χ1v) is 8.47. The van der Waals surface area contributed by atoms with E-state index in [4.69, 9.17) is 10.4 Å². The van der Waals surface area contributed by atoms with E-state index < -0.39 is 15.9 Å². The highest BCUT2D eigenvalue weighted by molar-refractivity contribution is 7.89. The molecule has 0 aliphatic rings. The maximum Gasteiger partial charge on any atom is 0.266 e. The summed E-state index contributed by atoms with van der Waals surface area (Å²) in [5.41, 5.74) is 1.08. The largest absolute Gasteiger partial charge is 0.321 e. The van der Waals surface area contributed by atoms with Gasteiger partial charge in [0.1, 0.15) is 11.6 Å². The van der Waals surface area contributed by atoms with E-state index in [1.54, 1.807) is 6.07 Å². The second-order valence-electron chi connectivity index (χ2n) is 4.25. The fraction of sp³-hybridized carbons (Fsp3) is 0. The van der Waals surface area contributed by atoms with Crippen molar-refractivity contribution in [3.05, 3.63) is 52.2 Å². The molecular weight excluding hydrogens is 322 g/mol. The summed E-state index contributed by atoms with van der Waals surface area (Å²) in [5.74, 6) is -0.572. The smallest absolute Gasteiger partial charge is 0.266 e. The van der Waals surface area contributed by atoms with E-state index in [0.717, 1.165) is 5.56 Å². The van der Waals surface area contributed by atoms with Gasteiger partial charge < -0.3 is 5.32 Å². The van der Waals surface area contributed by atoms with Gasteiger partial charge in [-0.25, -0.2) is 13.6 Å². The number of hydrogen-bond acceptors (Lipinski definition) is 5. The van der Waals surface area contributed by atoms with E-state index in [9.17, 15) is 13.2 Å². The zero-order valence-corrected chi connectivity index (χ0v) is 12.8. The normalized spacial score (nSPS) is 11.7. The van der Waals surface area contributed by atoms with Gasteiger partial charge in [-0.1, -0.05) is 0 Å². The quantitative estimate of drug-likeness (QED) is 0.657. The lowest BCUT2D eigenvalue weighted by atomic mass is 10.2. The number of nitriles is 1. The van der Waals surface area contributed by atoms with E-state index in [1.165, 1.54) is 41.7 Å². The maximum absolute atomic E-state index is 12.0. The van der Waals surface area contributed by atoms with Crippen molar-refractivity contribution >= 4 is 39.0 Å². The number of rotatable bonds is 4. The summed E-state index contributed by atoms with van der Waals surface area (Å²) in [6.07, 6.45) is 1.48. The van der Waals surface area contributed by atoms with Crippen molar-refractivity contribution in [3.8, 4) is 6.07 Å². The molecule has 0 bridgehead atoms. The summed E-state index contributed by atoms with van der Waals surface area (Å²) in [6.45, 7) is 0. The molecule has 0 spiro atoms. The van der Waals surface area contributed by atoms with Crippen molar-refractivity contribution in [3.63, 3.8) is 0 Å². The van der Waals surface area contributed by atoms with Crippen LogP contribution in [0, 0.1) is 11.3 Å². The Morgan fingerprint density at radius 2 is 1.95 bits per heavy atom. The Hall–Kier alpha value is -2.47. The van der Waals surface area contributed by atoms with Crippen LogP contribution in [0.25, 0.3) is 6.08 Å². The molecule has 1 heterocycles. The van der Waals surface area contributed by atoms with Crippen molar-refractivity contribution in [2.75, 3.05) is 5.32 Å². The fourth-order valence-corrected chi connectivity index (χ4v) is 2.73. The summed E-state index contributed by atoms with van der Waals surface area (Å²) in [7, 11) is -3.78. The lowest BCUT2D eigenvalue weighted by molar-refractivity contribution is -0.112. The second kappa shape index (κ2) is 6.53. The molecule has 112 valence electrons. The van der Waals surface area contributed by atoms with Gasteiger partial charge in [-0.05, 0) is 52.7 Å². The highest BCUT2D eigenvalue weighted by atomic mass is 32.2. The number of thiophene rings is 1. The Kier molecular flexibility index (Phi) is 4.72. The Balaban J connectivity index is 2.16. The zero-order valence-electron chi connectivity index (χ0n) is 11.2. The molecule has 22 heavy (non-hydrogen) atoms. The minimum Gasteiger partial charge on any atom is -0.321 e. The fourth-order valence-electron chi connectivity index (χ4n) is 1.60. The average Bonchev–Trinajstić information content (AvgIpc) is 2.97. The van der Waals surface area contributed by atoms with E-state index in [0.29, 0.717) is 5.69 Å². The number of hydrogen-bond donors (Lipinski definition) is 2. The van der Waals surface area contributed by atoms with Crippen molar-refractivity contribution < 1.29 is 13.2 Å². The molecule has 2 rings (SSSR count). The summed E-state index contributed by atoms with van der Waals surface area (Å²) < 4.78 is 22.3. The molecule has 2 aromatic rings. The standard InChI is InChI=1S/C14H11N3O3S2/c15-8-11(7-10-5-6-21-9-10)14(18)17-12-1-3-13(4-2-12)22(16,19)20/h1-7,9H,(H,17,18)(H2,16,19,20)/b11-7+. The second-order valence-corrected chi connectivity index (χ2v) is 6.59.